The molecule has 0 bridgehead atoms. The summed E-state index contributed by atoms with van der Waals surface area (Å²) in [4.78, 5) is 31.0. The van der Waals surface area contributed by atoms with Crippen molar-refractivity contribution in [2.45, 2.75) is 12.8 Å². The third-order valence-corrected chi connectivity index (χ3v) is 3.24. The Labute approximate surface area is 125 Å². The minimum atomic E-state index is -0.293. The van der Waals surface area contributed by atoms with E-state index < -0.39 is 0 Å². The zero-order valence-electron chi connectivity index (χ0n) is 11.8. The zero-order chi connectivity index (χ0) is 15.5. The third kappa shape index (κ3) is 2.73. The first-order valence-corrected chi connectivity index (χ1v) is 6.72. The topological polar surface area (TPSA) is 122 Å². The molecule has 0 spiro atoms. The van der Waals surface area contributed by atoms with Gasteiger partial charge in [0.25, 0.3) is 5.91 Å². The number of nitrogens with zero attached hydrogens (tertiary/aromatic N) is 3. The number of hydrogen-bond donors (Lipinski definition) is 3. The number of hydrogen-bond acceptors (Lipinski definition) is 7. The van der Waals surface area contributed by atoms with Crippen molar-refractivity contribution in [2.75, 3.05) is 24.2 Å². The molecule has 2 aromatic rings. The van der Waals surface area contributed by atoms with E-state index in [4.69, 9.17) is 4.52 Å². The molecule has 9 heteroatoms. The predicted molar refractivity (Wildman–Crippen MR) is 76.5 cm³/mol. The summed E-state index contributed by atoms with van der Waals surface area (Å²) in [7, 11) is 1.53. The van der Waals surface area contributed by atoms with Crippen LogP contribution in [0.25, 0.3) is 0 Å². The van der Waals surface area contributed by atoms with Gasteiger partial charge in [-0.3, -0.25) is 9.59 Å². The van der Waals surface area contributed by atoms with Crippen LogP contribution in [0.15, 0.2) is 16.9 Å². The molecule has 3 rings (SSSR count). The summed E-state index contributed by atoms with van der Waals surface area (Å²) in [5.74, 6) is 0.636. The monoisotopic (exact) mass is 302 g/mol. The Balaban J connectivity index is 1.72. The van der Waals surface area contributed by atoms with Crippen molar-refractivity contribution in [2.24, 2.45) is 0 Å². The second kappa shape index (κ2) is 5.80. The van der Waals surface area contributed by atoms with Gasteiger partial charge in [0, 0.05) is 19.5 Å². The van der Waals surface area contributed by atoms with Crippen molar-refractivity contribution in [1.29, 1.82) is 0 Å². The van der Waals surface area contributed by atoms with Gasteiger partial charge in [-0.15, -0.1) is 0 Å². The van der Waals surface area contributed by atoms with Gasteiger partial charge in [0.05, 0.1) is 17.9 Å². The summed E-state index contributed by atoms with van der Waals surface area (Å²) >= 11 is 0. The zero-order valence-corrected chi connectivity index (χ0v) is 11.8. The van der Waals surface area contributed by atoms with Crippen LogP contribution in [-0.4, -0.2) is 40.5 Å². The average molecular weight is 302 g/mol. The first-order chi connectivity index (χ1) is 10.7. The Morgan fingerprint density at radius 3 is 3.09 bits per heavy atom. The van der Waals surface area contributed by atoms with Gasteiger partial charge in [-0.25, -0.2) is 9.97 Å². The van der Waals surface area contributed by atoms with Crippen molar-refractivity contribution in [3.8, 4) is 0 Å². The fourth-order valence-corrected chi connectivity index (χ4v) is 2.14. The normalized spacial score (nSPS) is 13.0. The molecule has 0 unspecified atom stereocenters. The van der Waals surface area contributed by atoms with Crippen molar-refractivity contribution in [3.63, 3.8) is 0 Å². The SMILES string of the molecule is CNC(=O)c1cc(CCc2ncnc3c2NCC(=O)N3)on1. The molecule has 2 amide bonds. The van der Waals surface area contributed by atoms with E-state index in [2.05, 4.69) is 31.1 Å². The molecule has 0 atom stereocenters. The minimum absolute atomic E-state index is 0.136. The number of carbonyl (C=O) groups excluding carboxylic acids is 2. The highest BCUT2D eigenvalue weighted by atomic mass is 16.5. The van der Waals surface area contributed by atoms with Crippen molar-refractivity contribution in [1.82, 2.24) is 20.4 Å². The van der Waals surface area contributed by atoms with E-state index in [-0.39, 0.29) is 24.1 Å². The van der Waals surface area contributed by atoms with E-state index in [1.54, 1.807) is 6.07 Å². The van der Waals surface area contributed by atoms with Gasteiger partial charge < -0.3 is 20.5 Å². The molecule has 0 aromatic carbocycles. The van der Waals surface area contributed by atoms with Crippen molar-refractivity contribution >= 4 is 23.3 Å². The van der Waals surface area contributed by atoms with Gasteiger partial charge in [-0.2, -0.15) is 0 Å². The quantitative estimate of drug-likeness (QED) is 0.725. The minimum Gasteiger partial charge on any atom is -0.372 e. The van der Waals surface area contributed by atoms with Gasteiger partial charge >= 0.3 is 0 Å². The highest BCUT2D eigenvalue weighted by Crippen LogP contribution is 2.25. The lowest BCUT2D eigenvalue weighted by molar-refractivity contribution is -0.114. The largest absolute Gasteiger partial charge is 0.372 e. The maximum absolute atomic E-state index is 11.4. The van der Waals surface area contributed by atoms with Gasteiger partial charge in [0.2, 0.25) is 5.91 Å². The number of rotatable bonds is 4. The highest BCUT2D eigenvalue weighted by molar-refractivity contribution is 5.99. The Kier molecular flexibility index (Phi) is 3.69. The van der Waals surface area contributed by atoms with E-state index in [0.29, 0.717) is 30.1 Å². The molecular formula is C13H14N6O3. The van der Waals surface area contributed by atoms with Crippen LogP contribution in [0.3, 0.4) is 0 Å². The summed E-state index contributed by atoms with van der Waals surface area (Å²) in [5, 5.41) is 11.9. The van der Waals surface area contributed by atoms with Crippen molar-refractivity contribution < 1.29 is 14.1 Å². The van der Waals surface area contributed by atoms with Crippen LogP contribution in [-0.2, 0) is 17.6 Å². The summed E-state index contributed by atoms with van der Waals surface area (Å²) in [6, 6.07) is 1.60. The van der Waals surface area contributed by atoms with Gasteiger partial charge in [-0.05, 0) is 6.42 Å². The van der Waals surface area contributed by atoms with Gasteiger partial charge in [0.15, 0.2) is 11.5 Å². The molecule has 0 fully saturated rings. The van der Waals surface area contributed by atoms with E-state index in [1.165, 1.54) is 13.4 Å². The first-order valence-electron chi connectivity index (χ1n) is 6.72. The molecule has 9 nitrogen and oxygen atoms in total. The second-order valence-electron chi connectivity index (χ2n) is 4.70. The molecule has 0 saturated heterocycles. The number of carbonyl (C=O) groups is 2. The molecular weight excluding hydrogens is 288 g/mol. The molecule has 0 saturated carbocycles. The molecule has 114 valence electrons. The lowest BCUT2D eigenvalue weighted by Gasteiger charge is -2.19. The maximum atomic E-state index is 11.4. The number of amides is 2. The molecule has 0 aliphatic carbocycles. The van der Waals surface area contributed by atoms with Crippen LogP contribution in [0.2, 0.25) is 0 Å². The van der Waals surface area contributed by atoms with Crippen LogP contribution in [0.1, 0.15) is 21.9 Å². The summed E-state index contributed by atoms with van der Waals surface area (Å²) < 4.78 is 5.13. The van der Waals surface area contributed by atoms with Gasteiger partial charge in [0.1, 0.15) is 12.1 Å². The van der Waals surface area contributed by atoms with Crippen LogP contribution in [0, 0.1) is 0 Å². The molecule has 3 N–H and O–H groups in total. The van der Waals surface area contributed by atoms with Crippen molar-refractivity contribution in [3.05, 3.63) is 29.5 Å². The molecule has 1 aliphatic rings. The molecule has 1 aliphatic heterocycles. The fraction of sp³-hybridized carbons (Fsp3) is 0.308. The number of fused-ring (bicyclic) bond motifs is 1. The summed E-state index contributed by atoms with van der Waals surface area (Å²) in [5.41, 5.74) is 1.73. The predicted octanol–water partition coefficient (Wildman–Crippen LogP) is -0.0266. The number of anilines is 2. The van der Waals surface area contributed by atoms with Crippen LogP contribution < -0.4 is 16.0 Å². The smallest absolute Gasteiger partial charge is 0.273 e. The summed E-state index contributed by atoms with van der Waals surface area (Å²) in [6.07, 6.45) is 2.50. The summed E-state index contributed by atoms with van der Waals surface area (Å²) in [6.45, 7) is 0.191. The van der Waals surface area contributed by atoms with Crippen LogP contribution >= 0.6 is 0 Å². The maximum Gasteiger partial charge on any atom is 0.273 e. The van der Waals surface area contributed by atoms with E-state index >= 15 is 0 Å². The lowest BCUT2D eigenvalue weighted by Crippen LogP contribution is -2.29. The molecule has 0 radical (unpaired) electrons. The lowest BCUT2D eigenvalue weighted by atomic mass is 10.1. The Morgan fingerprint density at radius 2 is 2.27 bits per heavy atom. The Bertz CT molecular complexity index is 726. The van der Waals surface area contributed by atoms with Gasteiger partial charge in [-0.1, -0.05) is 5.16 Å². The van der Waals surface area contributed by atoms with E-state index in [0.717, 1.165) is 5.69 Å². The molecule has 3 heterocycles. The number of aryl methyl sites for hydroxylation is 2. The van der Waals surface area contributed by atoms with Crippen LogP contribution in [0.4, 0.5) is 11.5 Å². The van der Waals surface area contributed by atoms with E-state index in [1.807, 2.05) is 0 Å². The standard InChI is InChI=1S/C13H14N6O3/c1-14-13(21)9-4-7(22-19-9)2-3-8-11-12(17-6-16-8)18-10(20)5-15-11/h4,6,15H,2-3,5H2,1H3,(H,14,21)(H,16,17,18,20). The van der Waals surface area contributed by atoms with Crippen LogP contribution in [0.5, 0.6) is 0 Å². The Morgan fingerprint density at radius 1 is 1.41 bits per heavy atom. The molecule has 22 heavy (non-hydrogen) atoms. The average Bonchev–Trinajstić information content (AvgIpc) is 3.00. The first kappa shape index (κ1) is 14.0. The Hall–Kier alpha value is -2.97. The third-order valence-electron chi connectivity index (χ3n) is 3.24. The molecule has 2 aromatic heterocycles. The number of nitrogens with one attached hydrogen (secondary N) is 3. The van der Waals surface area contributed by atoms with E-state index in [9.17, 15) is 9.59 Å². The number of aromatic nitrogens is 3. The fourth-order valence-electron chi connectivity index (χ4n) is 2.14. The second-order valence-corrected chi connectivity index (χ2v) is 4.70. The highest BCUT2D eigenvalue weighted by Gasteiger charge is 2.19.